The third-order valence-corrected chi connectivity index (χ3v) is 2.17. The number of halogens is 3. The lowest BCUT2D eigenvalue weighted by atomic mass is 9.80. The topological polar surface area (TPSA) is 9.23 Å². The Labute approximate surface area is 87.3 Å². The lowest BCUT2D eigenvalue weighted by Crippen LogP contribution is -2.33. The summed E-state index contributed by atoms with van der Waals surface area (Å²) < 4.78 is 42.2. The highest BCUT2D eigenvalue weighted by atomic mass is 19.4. The molecule has 0 N–H and O–H groups in total. The molecule has 1 atom stereocenters. The van der Waals surface area contributed by atoms with E-state index in [9.17, 15) is 12.9 Å². The van der Waals surface area contributed by atoms with Gasteiger partial charge < -0.3 is 17.7 Å². The fourth-order valence-electron chi connectivity index (χ4n) is 1.08. The zero-order valence-electron chi connectivity index (χ0n) is 8.71. The van der Waals surface area contributed by atoms with Crippen LogP contribution in [0.3, 0.4) is 0 Å². The lowest BCUT2D eigenvalue weighted by Gasteiger charge is -2.16. The van der Waals surface area contributed by atoms with Gasteiger partial charge in [0.2, 0.25) is 0 Å². The quantitative estimate of drug-likeness (QED) is 0.704. The minimum atomic E-state index is -4.90. The van der Waals surface area contributed by atoms with Crippen molar-refractivity contribution in [3.8, 4) is 5.75 Å². The highest BCUT2D eigenvalue weighted by Crippen LogP contribution is 2.15. The van der Waals surface area contributed by atoms with Gasteiger partial charge in [0.1, 0.15) is 5.75 Å². The average molecular weight is 217 g/mol. The van der Waals surface area contributed by atoms with Crippen LogP contribution in [0.2, 0.25) is 0 Å². The molecule has 1 aromatic rings. The van der Waals surface area contributed by atoms with E-state index >= 15 is 0 Å². The van der Waals surface area contributed by atoms with Crippen molar-refractivity contribution in [2.45, 2.75) is 26.4 Å². The van der Waals surface area contributed by atoms with Crippen LogP contribution < -0.4 is 10.2 Å². The molecule has 0 aliphatic heterocycles. The van der Waals surface area contributed by atoms with Crippen molar-refractivity contribution in [3.63, 3.8) is 0 Å². The van der Waals surface area contributed by atoms with Crippen molar-refractivity contribution in [2.24, 2.45) is 0 Å². The first-order valence-corrected chi connectivity index (χ1v) is 4.90. The number of rotatable bonds is 4. The number of ether oxygens (including phenoxy) is 1. The Morgan fingerprint density at radius 3 is 2.13 bits per heavy atom. The molecule has 0 fully saturated rings. The molecule has 1 aromatic carbocycles. The summed E-state index contributed by atoms with van der Waals surface area (Å²) in [6, 6.07) is 4.82. The van der Waals surface area contributed by atoms with E-state index in [1.165, 1.54) is 12.1 Å². The molecular weight excluding hydrogens is 204 g/mol. The van der Waals surface area contributed by atoms with Crippen molar-refractivity contribution < 1.29 is 17.7 Å². The van der Waals surface area contributed by atoms with Gasteiger partial charge in [0.25, 0.3) is 0 Å². The van der Waals surface area contributed by atoms with Crippen LogP contribution in [-0.2, 0) is 0 Å². The predicted molar refractivity (Wildman–Crippen MR) is 55.5 cm³/mol. The predicted octanol–water partition coefficient (Wildman–Crippen LogP) is 2.92. The second kappa shape index (κ2) is 4.60. The standard InChI is InChI=1S/C10H13BF3O/c1-3-8(2)15-10-6-4-9(5-7-10)11(12,13)14/h4-8H,3H2,1-2H3/q-1. The summed E-state index contributed by atoms with van der Waals surface area (Å²) in [7, 11) is 0. The van der Waals surface area contributed by atoms with Gasteiger partial charge in [-0.25, -0.2) is 0 Å². The Balaban J connectivity index is 2.73. The first-order valence-electron chi connectivity index (χ1n) is 4.90. The van der Waals surface area contributed by atoms with Crippen LogP contribution in [0.1, 0.15) is 20.3 Å². The summed E-state index contributed by atoms with van der Waals surface area (Å²) in [6.07, 6.45) is 0.845. The smallest absolute Gasteiger partial charge is 0.491 e. The summed E-state index contributed by atoms with van der Waals surface area (Å²) >= 11 is 0. The van der Waals surface area contributed by atoms with Gasteiger partial charge in [0.15, 0.2) is 0 Å². The maximum atomic E-state index is 12.3. The molecule has 15 heavy (non-hydrogen) atoms. The van der Waals surface area contributed by atoms with Crippen molar-refractivity contribution >= 4 is 12.4 Å². The molecule has 1 unspecified atom stereocenters. The molecule has 0 radical (unpaired) electrons. The second-order valence-electron chi connectivity index (χ2n) is 3.48. The summed E-state index contributed by atoms with van der Waals surface area (Å²) in [5.41, 5.74) is -0.591. The van der Waals surface area contributed by atoms with E-state index in [1.807, 2.05) is 13.8 Å². The molecule has 0 heterocycles. The summed E-state index contributed by atoms with van der Waals surface area (Å²) in [5, 5.41) is 0. The largest absolute Gasteiger partial charge is 0.509 e. The molecule has 0 aromatic heterocycles. The Bertz CT molecular complexity index is 307. The van der Waals surface area contributed by atoms with Crippen LogP contribution in [0.15, 0.2) is 24.3 Å². The molecule has 84 valence electrons. The number of hydrogen-bond donors (Lipinski definition) is 0. The number of hydrogen-bond acceptors (Lipinski definition) is 1. The van der Waals surface area contributed by atoms with Gasteiger partial charge in [-0.15, -0.1) is 5.46 Å². The van der Waals surface area contributed by atoms with Gasteiger partial charge in [-0.2, -0.15) is 0 Å². The van der Waals surface area contributed by atoms with E-state index in [2.05, 4.69) is 0 Å². The molecule has 0 bridgehead atoms. The first kappa shape index (κ1) is 11.9. The summed E-state index contributed by atoms with van der Waals surface area (Å²) in [5.74, 6) is 0.480. The highest BCUT2D eigenvalue weighted by molar-refractivity contribution is 6.73. The van der Waals surface area contributed by atoms with Gasteiger partial charge in [0.05, 0.1) is 6.10 Å². The molecule has 0 amide bonds. The van der Waals surface area contributed by atoms with Crippen molar-refractivity contribution in [1.82, 2.24) is 0 Å². The maximum absolute atomic E-state index is 12.3. The van der Waals surface area contributed by atoms with Gasteiger partial charge in [-0.05, 0) is 25.5 Å². The monoisotopic (exact) mass is 217 g/mol. The van der Waals surface area contributed by atoms with Crippen molar-refractivity contribution in [1.29, 1.82) is 0 Å². The minimum absolute atomic E-state index is 0.0206. The van der Waals surface area contributed by atoms with Gasteiger partial charge in [-0.3, -0.25) is 0 Å². The van der Waals surface area contributed by atoms with Crippen LogP contribution in [0.5, 0.6) is 5.75 Å². The van der Waals surface area contributed by atoms with E-state index in [1.54, 1.807) is 0 Å². The van der Waals surface area contributed by atoms with Gasteiger partial charge in [0, 0.05) is 0 Å². The molecule has 0 aliphatic rings. The SMILES string of the molecule is CCC(C)Oc1ccc([B-](F)(F)F)cc1. The Morgan fingerprint density at radius 1 is 1.20 bits per heavy atom. The summed E-state index contributed by atoms with van der Waals surface area (Å²) in [4.78, 5) is 0. The average Bonchev–Trinajstić information content (AvgIpc) is 2.17. The lowest BCUT2D eigenvalue weighted by molar-refractivity contribution is 0.217. The maximum Gasteiger partial charge on any atom is 0.509 e. The molecule has 0 saturated heterocycles. The molecule has 0 spiro atoms. The van der Waals surface area contributed by atoms with E-state index in [0.717, 1.165) is 18.6 Å². The second-order valence-corrected chi connectivity index (χ2v) is 3.48. The van der Waals surface area contributed by atoms with Crippen LogP contribution in [0.25, 0.3) is 0 Å². The van der Waals surface area contributed by atoms with Gasteiger partial charge in [-0.1, -0.05) is 19.1 Å². The Kier molecular flexibility index (Phi) is 3.66. The molecule has 1 nitrogen and oxygen atoms in total. The third-order valence-electron chi connectivity index (χ3n) is 2.17. The molecular formula is C10H13BF3O-. The highest BCUT2D eigenvalue weighted by Gasteiger charge is 2.24. The molecule has 0 aliphatic carbocycles. The van der Waals surface area contributed by atoms with E-state index in [0.29, 0.717) is 5.75 Å². The molecule has 0 saturated carbocycles. The Morgan fingerprint density at radius 2 is 1.73 bits per heavy atom. The molecule has 5 heteroatoms. The zero-order valence-corrected chi connectivity index (χ0v) is 8.71. The minimum Gasteiger partial charge on any atom is -0.491 e. The van der Waals surface area contributed by atoms with Crippen LogP contribution in [0.4, 0.5) is 12.9 Å². The van der Waals surface area contributed by atoms with E-state index in [4.69, 9.17) is 4.74 Å². The zero-order chi connectivity index (χ0) is 11.5. The van der Waals surface area contributed by atoms with E-state index < -0.39 is 12.4 Å². The van der Waals surface area contributed by atoms with Crippen LogP contribution >= 0.6 is 0 Å². The summed E-state index contributed by atoms with van der Waals surface area (Å²) in [6.45, 7) is -1.07. The third kappa shape index (κ3) is 3.49. The fourth-order valence-corrected chi connectivity index (χ4v) is 1.08. The fraction of sp³-hybridized carbons (Fsp3) is 0.400. The normalized spacial score (nSPS) is 13.7. The van der Waals surface area contributed by atoms with Crippen LogP contribution in [-0.4, -0.2) is 13.1 Å². The number of benzene rings is 1. The van der Waals surface area contributed by atoms with Crippen molar-refractivity contribution in [3.05, 3.63) is 24.3 Å². The molecule has 1 rings (SSSR count). The van der Waals surface area contributed by atoms with Gasteiger partial charge >= 0.3 is 6.98 Å². The Hall–Kier alpha value is -1.13. The van der Waals surface area contributed by atoms with E-state index in [-0.39, 0.29) is 6.10 Å². The van der Waals surface area contributed by atoms with Crippen molar-refractivity contribution in [2.75, 3.05) is 0 Å². The first-order chi connectivity index (χ1) is 6.93. The van der Waals surface area contributed by atoms with Crippen LogP contribution in [0, 0.1) is 0 Å².